The van der Waals surface area contributed by atoms with E-state index >= 15 is 0 Å². The average Bonchev–Trinajstić information content (AvgIpc) is 3.04. The van der Waals surface area contributed by atoms with Crippen molar-refractivity contribution in [2.45, 2.75) is 33.7 Å². The zero-order valence-corrected chi connectivity index (χ0v) is 17.8. The summed E-state index contributed by atoms with van der Waals surface area (Å²) in [6.07, 6.45) is 1.57. The maximum absolute atomic E-state index is 6.24. The molecule has 1 aromatic carbocycles. The van der Waals surface area contributed by atoms with Crippen LogP contribution in [0.25, 0.3) is 0 Å². The molecule has 0 saturated carbocycles. The maximum Gasteiger partial charge on any atom is 0.229 e. The molecule has 0 spiro atoms. The highest BCUT2D eigenvalue weighted by Crippen LogP contribution is 2.29. The van der Waals surface area contributed by atoms with Crippen molar-refractivity contribution in [3.63, 3.8) is 0 Å². The maximum atomic E-state index is 6.24. The predicted octanol–water partition coefficient (Wildman–Crippen LogP) is 4.89. The molecule has 2 aromatic heterocycles. The lowest BCUT2D eigenvalue weighted by atomic mass is 9.98. The number of hydrogen-bond donors (Lipinski definition) is 3. The van der Waals surface area contributed by atoms with Crippen LogP contribution in [0.5, 0.6) is 0 Å². The van der Waals surface area contributed by atoms with Crippen LogP contribution < -0.4 is 10.6 Å². The first kappa shape index (κ1) is 20.1. The Balaban J connectivity index is 1.85. The summed E-state index contributed by atoms with van der Waals surface area (Å²) in [7, 11) is 4.17. The molecule has 0 amide bonds. The van der Waals surface area contributed by atoms with E-state index in [0.717, 1.165) is 16.9 Å². The summed E-state index contributed by atoms with van der Waals surface area (Å²) in [6, 6.07) is 6.56. The van der Waals surface area contributed by atoms with Crippen LogP contribution >= 0.6 is 11.6 Å². The van der Waals surface area contributed by atoms with Crippen LogP contribution in [0.15, 0.2) is 24.4 Å². The Morgan fingerprint density at radius 3 is 2.46 bits per heavy atom. The van der Waals surface area contributed by atoms with Gasteiger partial charge in [-0.2, -0.15) is 10.1 Å². The molecule has 8 heteroatoms. The van der Waals surface area contributed by atoms with Gasteiger partial charge in [-0.15, -0.1) is 0 Å². The second-order valence-electron chi connectivity index (χ2n) is 7.24. The molecule has 0 fully saturated rings. The number of halogens is 1. The van der Waals surface area contributed by atoms with Gasteiger partial charge in [-0.05, 0) is 64.5 Å². The standard InChI is InChI=1S/C20H26ClN7/c1-11-8-17(12(2)7-15(11)14(4)28(5)6)23-20-22-10-16(21)19(25-20)24-18-9-13(3)26-27-18/h7-10,14H,1-6H3,(H3,22,23,24,25,26,27). The van der Waals surface area contributed by atoms with Crippen molar-refractivity contribution in [1.82, 2.24) is 25.1 Å². The molecular weight excluding hydrogens is 374 g/mol. The number of aryl methyl sites for hydroxylation is 3. The molecule has 0 aliphatic carbocycles. The number of anilines is 4. The first-order valence-corrected chi connectivity index (χ1v) is 9.48. The highest BCUT2D eigenvalue weighted by atomic mass is 35.5. The summed E-state index contributed by atoms with van der Waals surface area (Å²) < 4.78 is 0. The summed E-state index contributed by atoms with van der Waals surface area (Å²) in [4.78, 5) is 11.0. The van der Waals surface area contributed by atoms with Gasteiger partial charge >= 0.3 is 0 Å². The number of nitrogens with zero attached hydrogens (tertiary/aromatic N) is 4. The van der Waals surface area contributed by atoms with E-state index in [2.05, 4.69) is 82.7 Å². The quantitative estimate of drug-likeness (QED) is 0.547. The number of rotatable bonds is 6. The predicted molar refractivity (Wildman–Crippen MR) is 115 cm³/mol. The Bertz CT molecular complexity index is 981. The van der Waals surface area contributed by atoms with Crippen molar-refractivity contribution in [3.8, 4) is 0 Å². The Kier molecular flexibility index (Phi) is 5.86. The highest BCUT2D eigenvalue weighted by molar-refractivity contribution is 6.32. The van der Waals surface area contributed by atoms with Gasteiger partial charge in [0.1, 0.15) is 5.02 Å². The first-order valence-electron chi connectivity index (χ1n) is 9.10. The Morgan fingerprint density at radius 1 is 1.07 bits per heavy atom. The van der Waals surface area contributed by atoms with E-state index in [0.29, 0.717) is 28.6 Å². The van der Waals surface area contributed by atoms with Gasteiger partial charge < -0.3 is 15.5 Å². The topological polar surface area (TPSA) is 81.8 Å². The lowest BCUT2D eigenvalue weighted by molar-refractivity contribution is 0.320. The number of benzene rings is 1. The fourth-order valence-corrected chi connectivity index (χ4v) is 3.08. The van der Waals surface area contributed by atoms with Gasteiger partial charge in [0.05, 0.1) is 6.20 Å². The second kappa shape index (κ2) is 8.16. The van der Waals surface area contributed by atoms with Gasteiger partial charge in [-0.25, -0.2) is 4.98 Å². The van der Waals surface area contributed by atoms with Gasteiger partial charge in [0, 0.05) is 23.5 Å². The molecule has 0 aliphatic heterocycles. The van der Waals surface area contributed by atoms with Gasteiger partial charge in [0.15, 0.2) is 11.6 Å². The average molecular weight is 400 g/mol. The molecular formula is C20H26ClN7. The molecule has 7 nitrogen and oxygen atoms in total. The summed E-state index contributed by atoms with van der Waals surface area (Å²) in [5.41, 5.74) is 5.57. The molecule has 3 rings (SSSR count). The third-order valence-electron chi connectivity index (χ3n) is 4.78. The molecule has 0 radical (unpaired) electrons. The van der Waals surface area contributed by atoms with Crippen molar-refractivity contribution < 1.29 is 0 Å². The summed E-state index contributed by atoms with van der Waals surface area (Å²) in [5, 5.41) is 13.9. The lowest BCUT2D eigenvalue weighted by Gasteiger charge is -2.23. The molecule has 28 heavy (non-hydrogen) atoms. The van der Waals surface area contributed by atoms with Crippen LogP contribution in [0.4, 0.5) is 23.3 Å². The van der Waals surface area contributed by atoms with Crippen molar-refractivity contribution in [1.29, 1.82) is 0 Å². The summed E-state index contributed by atoms with van der Waals surface area (Å²) in [5.74, 6) is 1.62. The number of hydrogen-bond acceptors (Lipinski definition) is 6. The number of aromatic amines is 1. The van der Waals surface area contributed by atoms with E-state index in [-0.39, 0.29) is 0 Å². The summed E-state index contributed by atoms with van der Waals surface area (Å²) in [6.45, 7) is 8.33. The van der Waals surface area contributed by atoms with Gasteiger partial charge in [0.2, 0.25) is 5.95 Å². The molecule has 1 atom stereocenters. The van der Waals surface area contributed by atoms with E-state index in [1.807, 2.05) is 13.0 Å². The fraction of sp³-hybridized carbons (Fsp3) is 0.350. The Morgan fingerprint density at radius 2 is 1.82 bits per heavy atom. The first-order chi connectivity index (χ1) is 13.2. The highest BCUT2D eigenvalue weighted by Gasteiger charge is 2.14. The van der Waals surface area contributed by atoms with Crippen LogP contribution in [0, 0.1) is 20.8 Å². The zero-order valence-electron chi connectivity index (χ0n) is 17.1. The van der Waals surface area contributed by atoms with E-state index in [4.69, 9.17) is 11.6 Å². The van der Waals surface area contributed by atoms with E-state index in [9.17, 15) is 0 Å². The number of H-pyrrole nitrogens is 1. The zero-order chi connectivity index (χ0) is 20.4. The molecule has 3 N–H and O–H groups in total. The number of nitrogens with one attached hydrogen (secondary N) is 3. The normalized spacial score (nSPS) is 12.3. The van der Waals surface area contributed by atoms with Crippen LogP contribution in [0.2, 0.25) is 5.02 Å². The minimum Gasteiger partial charge on any atom is -0.324 e. The van der Waals surface area contributed by atoms with Crippen LogP contribution in [-0.2, 0) is 0 Å². The van der Waals surface area contributed by atoms with Crippen LogP contribution in [-0.4, -0.2) is 39.2 Å². The van der Waals surface area contributed by atoms with E-state index in [1.54, 1.807) is 6.20 Å². The monoisotopic (exact) mass is 399 g/mol. The molecule has 148 valence electrons. The van der Waals surface area contributed by atoms with Gasteiger partial charge in [0.25, 0.3) is 0 Å². The third-order valence-corrected chi connectivity index (χ3v) is 5.06. The van der Waals surface area contributed by atoms with Crippen molar-refractivity contribution in [2.24, 2.45) is 0 Å². The van der Waals surface area contributed by atoms with E-state index in [1.165, 1.54) is 11.1 Å². The molecule has 3 aromatic rings. The van der Waals surface area contributed by atoms with Crippen molar-refractivity contribution in [2.75, 3.05) is 24.7 Å². The second-order valence-corrected chi connectivity index (χ2v) is 7.65. The summed E-state index contributed by atoms with van der Waals surface area (Å²) >= 11 is 6.24. The minimum atomic E-state index is 0.340. The molecule has 0 bridgehead atoms. The van der Waals surface area contributed by atoms with Crippen LogP contribution in [0.1, 0.15) is 35.3 Å². The molecule has 0 aliphatic rings. The minimum absolute atomic E-state index is 0.340. The van der Waals surface area contributed by atoms with Gasteiger partial charge in [-0.3, -0.25) is 5.10 Å². The lowest BCUT2D eigenvalue weighted by Crippen LogP contribution is -2.18. The molecule has 1 unspecified atom stereocenters. The Hall–Kier alpha value is -2.64. The largest absolute Gasteiger partial charge is 0.324 e. The van der Waals surface area contributed by atoms with Crippen molar-refractivity contribution >= 4 is 34.9 Å². The molecule has 2 heterocycles. The smallest absolute Gasteiger partial charge is 0.229 e. The van der Waals surface area contributed by atoms with E-state index < -0.39 is 0 Å². The third kappa shape index (κ3) is 4.43. The SMILES string of the molecule is Cc1cc(Nc2nc(Nc3cc(C)c(C(C)N(C)C)cc3C)ncc2Cl)n[nH]1. The molecule has 0 saturated heterocycles. The van der Waals surface area contributed by atoms with Crippen molar-refractivity contribution in [3.05, 3.63) is 51.8 Å². The number of aromatic nitrogens is 4. The van der Waals surface area contributed by atoms with Crippen LogP contribution in [0.3, 0.4) is 0 Å². The van der Waals surface area contributed by atoms with Gasteiger partial charge in [-0.1, -0.05) is 17.7 Å². The Labute approximate surface area is 170 Å². The fourth-order valence-electron chi connectivity index (χ4n) is 2.94.